The summed E-state index contributed by atoms with van der Waals surface area (Å²) in [6.07, 6.45) is 12.6. The van der Waals surface area contributed by atoms with Crippen LogP contribution in [0.25, 0.3) is 0 Å². The first-order valence-corrected chi connectivity index (χ1v) is 19.7. The summed E-state index contributed by atoms with van der Waals surface area (Å²) in [6.45, 7) is 4.05. The van der Waals surface area contributed by atoms with E-state index in [4.69, 9.17) is 111 Å². The summed E-state index contributed by atoms with van der Waals surface area (Å²) >= 11 is 28.8. The van der Waals surface area contributed by atoms with Gasteiger partial charge in [-0.15, -0.1) is 0 Å². The molecule has 0 fully saturated rings. The van der Waals surface area contributed by atoms with Gasteiger partial charge in [0.2, 0.25) is 0 Å². The van der Waals surface area contributed by atoms with E-state index in [2.05, 4.69) is 62.5 Å². The Morgan fingerprint density at radius 1 is 0.500 bits per heavy atom. The molecule has 0 aliphatic heterocycles. The van der Waals surface area contributed by atoms with Crippen LogP contribution in [0.4, 0.5) is 41.9 Å². The minimum atomic E-state index is -1.75. The number of rotatable bonds is 10. The first-order valence-electron chi connectivity index (χ1n) is 17.1. The molecule has 0 spiro atoms. The quantitative estimate of drug-likeness (QED) is 0.0252. The fourth-order valence-electron chi connectivity index (χ4n) is 3.15. The molecule has 0 unspecified atom stereocenters. The Balaban J connectivity index is -0.000000194. The molecule has 0 aliphatic carbocycles. The number of carbonyl (C=O) groups excluding carboxylic acids is 4. The first-order chi connectivity index (χ1) is 31.2. The van der Waals surface area contributed by atoms with Crippen molar-refractivity contribution in [3.05, 3.63) is 129 Å². The molecular formula is C34H40Ag2Cl6N16O10. The van der Waals surface area contributed by atoms with Crippen LogP contribution in [0.1, 0.15) is 13.8 Å². The molecule has 4 aromatic heterocycles. The Morgan fingerprint density at radius 2 is 0.647 bits per heavy atom. The number of alkyl halides is 6. The summed E-state index contributed by atoms with van der Waals surface area (Å²) in [4.78, 5) is 78.3. The number of pyridine rings is 4. The molecule has 4 heterocycles. The van der Waals surface area contributed by atoms with Crippen LogP contribution in [0, 0.1) is 53.3 Å². The maximum absolute atomic E-state index is 11.6. The molecule has 8 N–H and O–H groups in total. The van der Waals surface area contributed by atoms with Gasteiger partial charge in [0, 0.05) is 64.8 Å². The van der Waals surface area contributed by atoms with E-state index < -0.39 is 18.8 Å². The number of amides is 8. The zero-order valence-electron chi connectivity index (χ0n) is 34.8. The zero-order chi connectivity index (χ0) is 51.0. The van der Waals surface area contributed by atoms with Crippen LogP contribution < -0.4 is 42.5 Å². The van der Waals surface area contributed by atoms with Gasteiger partial charge in [0.25, 0.3) is 0 Å². The van der Waals surface area contributed by atoms with E-state index in [0.29, 0.717) is 48.9 Å². The molecule has 0 saturated carbocycles. The van der Waals surface area contributed by atoms with Crippen LogP contribution >= 0.6 is 69.6 Å². The van der Waals surface area contributed by atoms with E-state index in [-0.39, 0.29) is 68.9 Å². The number of anilines is 4. The normalized spacial score (nSPS) is 8.24. The van der Waals surface area contributed by atoms with Crippen molar-refractivity contribution >= 4 is 116 Å². The summed E-state index contributed by atoms with van der Waals surface area (Å²) in [5.74, 6) is 0. The summed E-state index contributed by atoms with van der Waals surface area (Å²) in [7, 11) is 0. The van der Waals surface area contributed by atoms with Crippen LogP contribution in [0.15, 0.2) is 98.1 Å². The number of urea groups is 4. The molecule has 0 aromatic carbocycles. The summed E-state index contributed by atoms with van der Waals surface area (Å²) < 4.78 is -1.50. The van der Waals surface area contributed by atoms with Crippen molar-refractivity contribution in [1.82, 2.24) is 41.2 Å². The van der Waals surface area contributed by atoms with E-state index >= 15 is 0 Å². The van der Waals surface area contributed by atoms with Crippen molar-refractivity contribution < 1.29 is 74.1 Å². The number of carbonyl (C=O) groups is 4. The van der Waals surface area contributed by atoms with E-state index in [1.165, 1.54) is 13.8 Å². The number of aromatic nitrogens is 4. The number of hydrogen-bond acceptors (Lipinski definition) is 16. The standard InChI is InChI=1S/2C14H16N6O2.2C2H3N.2CHCl3.2Ag.2NO3/c2*21-13(19-11-3-1-5-15-9-11)17-7-8-18-14(22)20-12-4-2-6-16-10-12;2*1-2-3;2*2-1(3)4;;;2*2-1(3)4/h2*1-6,9-10H,7-8H2,(H2,17,19,21)(H2,18,20,22);2*1H3;2*1H;;;;/q;;;;;;2*+1;2*-1. The van der Waals surface area contributed by atoms with Gasteiger partial charge in [-0.1, -0.05) is 69.6 Å². The molecule has 380 valence electrons. The predicted molar refractivity (Wildman–Crippen MR) is 251 cm³/mol. The average Bonchev–Trinajstić information content (AvgIpc) is 3.23. The molecule has 0 saturated heterocycles. The average molecular weight is 1260 g/mol. The van der Waals surface area contributed by atoms with Crippen molar-refractivity contribution in [1.29, 1.82) is 10.5 Å². The Bertz CT molecular complexity index is 1710. The smallest absolute Gasteiger partial charge is 0.356 e. The molecule has 0 radical (unpaired) electrons. The topological polar surface area (TPSA) is 396 Å². The van der Waals surface area contributed by atoms with Gasteiger partial charge in [0.15, 0.2) is 8.59 Å². The van der Waals surface area contributed by atoms with Crippen LogP contribution in [0.5, 0.6) is 0 Å². The number of hydrogen-bond donors (Lipinski definition) is 8. The van der Waals surface area contributed by atoms with Crippen molar-refractivity contribution in [3.63, 3.8) is 0 Å². The maximum Gasteiger partial charge on any atom is 1.00 e. The van der Waals surface area contributed by atoms with Crippen LogP contribution in [0.2, 0.25) is 0 Å². The summed E-state index contributed by atoms with van der Waals surface area (Å²) in [5, 5.41) is 65.1. The number of nitrogens with one attached hydrogen (secondary N) is 8. The van der Waals surface area contributed by atoms with Gasteiger partial charge < -0.3 is 73.2 Å². The third-order valence-corrected chi connectivity index (χ3v) is 5.07. The Morgan fingerprint density at radius 3 is 0.765 bits per heavy atom. The van der Waals surface area contributed by atoms with Crippen molar-refractivity contribution in [2.45, 2.75) is 22.4 Å². The molecule has 0 bridgehead atoms. The second-order valence-electron chi connectivity index (χ2n) is 9.88. The number of nitrogens with zero attached hydrogens (tertiary/aromatic N) is 8. The molecule has 4 aromatic rings. The Labute approximate surface area is 449 Å². The zero-order valence-corrected chi connectivity index (χ0v) is 42.3. The van der Waals surface area contributed by atoms with Gasteiger partial charge in [0.05, 0.1) is 69.8 Å². The molecule has 26 nitrogen and oxygen atoms in total. The minimum absolute atomic E-state index is 0. The largest absolute Gasteiger partial charge is 1.00 e. The fourth-order valence-corrected chi connectivity index (χ4v) is 3.15. The maximum atomic E-state index is 11.6. The van der Waals surface area contributed by atoms with Crippen molar-refractivity contribution in [2.24, 2.45) is 0 Å². The predicted octanol–water partition coefficient (Wildman–Crippen LogP) is 7.39. The molecular weight excluding hydrogens is 1220 g/mol. The van der Waals surface area contributed by atoms with Gasteiger partial charge in [-0.25, -0.2) is 19.2 Å². The number of halogens is 6. The van der Waals surface area contributed by atoms with E-state index in [1.807, 2.05) is 0 Å². The Kier molecular flexibility index (Phi) is 58.5. The van der Waals surface area contributed by atoms with Crippen molar-refractivity contribution in [2.75, 3.05) is 47.4 Å². The molecule has 0 atom stereocenters. The van der Waals surface area contributed by atoms with Crippen LogP contribution in [-0.4, -0.2) is 89.0 Å². The molecule has 68 heavy (non-hydrogen) atoms. The van der Waals surface area contributed by atoms with Gasteiger partial charge in [-0.2, -0.15) is 10.5 Å². The van der Waals surface area contributed by atoms with E-state index in [1.54, 1.807) is 110 Å². The van der Waals surface area contributed by atoms with Crippen LogP contribution in [0.3, 0.4) is 0 Å². The second-order valence-corrected chi connectivity index (χ2v) is 13.8. The molecule has 34 heteroatoms. The van der Waals surface area contributed by atoms with Gasteiger partial charge in [-0.3, -0.25) is 19.9 Å². The number of nitriles is 2. The molecule has 0 aliphatic rings. The third-order valence-electron chi connectivity index (χ3n) is 5.07. The van der Waals surface area contributed by atoms with Crippen molar-refractivity contribution in [3.8, 4) is 12.1 Å². The van der Waals surface area contributed by atoms with Gasteiger partial charge in [0.1, 0.15) is 0 Å². The van der Waals surface area contributed by atoms with E-state index in [9.17, 15) is 19.2 Å². The van der Waals surface area contributed by atoms with Gasteiger partial charge in [-0.05, 0) is 48.5 Å². The monoisotopic (exact) mass is 1260 g/mol. The van der Waals surface area contributed by atoms with Gasteiger partial charge >= 0.3 is 68.9 Å². The van der Waals surface area contributed by atoms with Crippen LogP contribution in [-0.2, 0) is 44.8 Å². The fraction of sp³-hybridized carbons (Fsp3) is 0.235. The second kappa shape index (κ2) is 53.9. The minimum Gasteiger partial charge on any atom is -0.356 e. The molecule has 8 amide bonds. The van der Waals surface area contributed by atoms with E-state index in [0.717, 1.165) is 0 Å². The molecule has 4 rings (SSSR count). The first kappa shape index (κ1) is 73.8. The summed E-state index contributed by atoms with van der Waals surface area (Å²) in [5.41, 5.74) is 2.40. The third kappa shape index (κ3) is 66.9. The summed E-state index contributed by atoms with van der Waals surface area (Å²) in [6, 6.07) is 15.9. The SMILES string of the molecule is CC#N.CC#N.ClC(Cl)Cl.ClC(Cl)Cl.O=C(NCCNC(=O)Nc1cccnc1)Nc1cccnc1.O=C(NCCNC(=O)Nc1cccnc1)Nc1cccnc1.O=[N+]([O-])[O-].O=[N+]([O-])[O-].[Ag+].[Ag+]. The Hall–Kier alpha value is -5.72.